The highest BCUT2D eigenvalue weighted by molar-refractivity contribution is 7.89. The first kappa shape index (κ1) is 16.5. The molecule has 0 aliphatic heterocycles. The SMILES string of the molecule is CO/N=C(/c1ccccc1)C(S)c1ccc(S(N)(=O)=O)cc1. The molecule has 0 saturated heterocycles. The highest BCUT2D eigenvalue weighted by atomic mass is 32.2. The molecule has 116 valence electrons. The zero-order valence-electron chi connectivity index (χ0n) is 11.9. The summed E-state index contributed by atoms with van der Waals surface area (Å²) in [5.41, 5.74) is 2.30. The standard InChI is InChI=1S/C15H16N2O3S2/c1-20-17-14(11-5-3-2-4-6-11)15(21)12-7-9-13(10-8-12)22(16,18)19/h2-10,15,21H,1H3,(H2,16,18,19)/b17-14-. The third kappa shape index (κ3) is 3.88. The molecule has 0 saturated carbocycles. The lowest BCUT2D eigenvalue weighted by Gasteiger charge is -2.14. The van der Waals surface area contributed by atoms with Crippen LogP contribution in [0.15, 0.2) is 64.6 Å². The number of sulfonamides is 1. The van der Waals surface area contributed by atoms with Gasteiger partial charge >= 0.3 is 0 Å². The highest BCUT2D eigenvalue weighted by Crippen LogP contribution is 2.26. The Morgan fingerprint density at radius 2 is 1.73 bits per heavy atom. The van der Waals surface area contributed by atoms with E-state index in [1.807, 2.05) is 30.3 Å². The van der Waals surface area contributed by atoms with Crippen LogP contribution in [0.3, 0.4) is 0 Å². The predicted molar refractivity (Wildman–Crippen MR) is 89.5 cm³/mol. The van der Waals surface area contributed by atoms with E-state index in [4.69, 9.17) is 9.98 Å². The van der Waals surface area contributed by atoms with Crippen LogP contribution >= 0.6 is 12.6 Å². The number of hydrogen-bond acceptors (Lipinski definition) is 5. The van der Waals surface area contributed by atoms with Crippen LogP contribution in [0, 0.1) is 0 Å². The van der Waals surface area contributed by atoms with Gasteiger partial charge < -0.3 is 4.84 Å². The van der Waals surface area contributed by atoms with Crippen molar-refractivity contribution in [2.75, 3.05) is 7.11 Å². The van der Waals surface area contributed by atoms with Gasteiger partial charge in [-0.15, -0.1) is 0 Å². The Morgan fingerprint density at radius 1 is 1.14 bits per heavy atom. The van der Waals surface area contributed by atoms with Crippen molar-refractivity contribution in [3.63, 3.8) is 0 Å². The van der Waals surface area contributed by atoms with E-state index in [0.29, 0.717) is 5.71 Å². The van der Waals surface area contributed by atoms with E-state index < -0.39 is 10.0 Å². The molecule has 2 rings (SSSR count). The zero-order valence-corrected chi connectivity index (χ0v) is 13.6. The average Bonchev–Trinajstić information content (AvgIpc) is 2.52. The molecule has 1 atom stereocenters. The van der Waals surface area contributed by atoms with Crippen LogP contribution in [0.5, 0.6) is 0 Å². The quantitative estimate of drug-likeness (QED) is 0.499. The van der Waals surface area contributed by atoms with Gasteiger partial charge in [-0.25, -0.2) is 13.6 Å². The second-order valence-electron chi connectivity index (χ2n) is 4.54. The lowest BCUT2D eigenvalue weighted by molar-refractivity contribution is 0.213. The van der Waals surface area contributed by atoms with Gasteiger partial charge in [-0.05, 0) is 17.7 Å². The maximum atomic E-state index is 11.3. The molecule has 0 fully saturated rings. The normalized spacial score (nSPS) is 13.7. The van der Waals surface area contributed by atoms with Crippen molar-refractivity contribution < 1.29 is 13.3 Å². The first-order valence-electron chi connectivity index (χ1n) is 6.41. The molecule has 1 unspecified atom stereocenters. The monoisotopic (exact) mass is 336 g/mol. The Hall–Kier alpha value is -1.83. The molecule has 0 spiro atoms. The van der Waals surface area contributed by atoms with E-state index in [0.717, 1.165) is 11.1 Å². The topological polar surface area (TPSA) is 81.8 Å². The summed E-state index contributed by atoms with van der Waals surface area (Å²) in [6.45, 7) is 0. The molecule has 0 aromatic heterocycles. The first-order chi connectivity index (χ1) is 10.4. The number of nitrogens with two attached hydrogens (primary N) is 1. The number of rotatable bonds is 5. The van der Waals surface area contributed by atoms with Crippen molar-refractivity contribution in [3.8, 4) is 0 Å². The third-order valence-corrected chi connectivity index (χ3v) is 4.51. The van der Waals surface area contributed by atoms with Gasteiger partial charge in [0.15, 0.2) is 0 Å². The van der Waals surface area contributed by atoms with Gasteiger partial charge in [0.25, 0.3) is 0 Å². The molecule has 2 aromatic carbocycles. The van der Waals surface area contributed by atoms with E-state index >= 15 is 0 Å². The van der Waals surface area contributed by atoms with Crippen LogP contribution in [-0.4, -0.2) is 21.2 Å². The van der Waals surface area contributed by atoms with Gasteiger partial charge in [-0.3, -0.25) is 0 Å². The van der Waals surface area contributed by atoms with Crippen LogP contribution in [0.1, 0.15) is 16.4 Å². The fraction of sp³-hybridized carbons (Fsp3) is 0.133. The minimum atomic E-state index is -3.71. The smallest absolute Gasteiger partial charge is 0.238 e. The average molecular weight is 336 g/mol. The molecule has 0 aliphatic rings. The molecule has 7 heteroatoms. The van der Waals surface area contributed by atoms with Crippen molar-refractivity contribution >= 4 is 28.4 Å². The number of nitrogens with zero attached hydrogens (tertiary/aromatic N) is 1. The Balaban J connectivity index is 2.36. The Labute approximate surface area is 135 Å². The van der Waals surface area contributed by atoms with E-state index in [2.05, 4.69) is 17.8 Å². The minimum Gasteiger partial charge on any atom is -0.399 e. The Kier molecular flexibility index (Phi) is 5.23. The van der Waals surface area contributed by atoms with E-state index in [1.165, 1.54) is 19.2 Å². The second kappa shape index (κ2) is 6.95. The molecule has 0 radical (unpaired) electrons. The molecule has 0 amide bonds. The largest absolute Gasteiger partial charge is 0.399 e. The maximum Gasteiger partial charge on any atom is 0.238 e. The third-order valence-electron chi connectivity index (χ3n) is 3.04. The number of benzene rings is 2. The van der Waals surface area contributed by atoms with Crippen LogP contribution in [0.2, 0.25) is 0 Å². The summed E-state index contributed by atoms with van der Waals surface area (Å²) >= 11 is 4.58. The van der Waals surface area contributed by atoms with Crippen molar-refractivity contribution in [1.29, 1.82) is 0 Å². The Morgan fingerprint density at radius 3 is 2.23 bits per heavy atom. The van der Waals surface area contributed by atoms with Gasteiger partial charge in [0.1, 0.15) is 12.8 Å². The van der Waals surface area contributed by atoms with Gasteiger partial charge in [0, 0.05) is 5.56 Å². The van der Waals surface area contributed by atoms with E-state index in [1.54, 1.807) is 12.1 Å². The molecule has 5 nitrogen and oxygen atoms in total. The van der Waals surface area contributed by atoms with Gasteiger partial charge in [0.2, 0.25) is 10.0 Å². The van der Waals surface area contributed by atoms with E-state index in [9.17, 15) is 8.42 Å². The molecule has 2 aromatic rings. The molecule has 2 N–H and O–H groups in total. The number of primary sulfonamides is 1. The van der Waals surface area contributed by atoms with Crippen molar-refractivity contribution in [2.24, 2.45) is 10.3 Å². The van der Waals surface area contributed by atoms with Crippen LogP contribution in [0.4, 0.5) is 0 Å². The summed E-state index contributed by atoms with van der Waals surface area (Å²) in [6, 6.07) is 15.7. The van der Waals surface area contributed by atoms with Crippen LogP contribution in [0.25, 0.3) is 0 Å². The summed E-state index contributed by atoms with van der Waals surface area (Å²) in [6.07, 6.45) is 0. The molecule has 22 heavy (non-hydrogen) atoms. The number of hydrogen-bond donors (Lipinski definition) is 2. The molecular formula is C15H16N2O3S2. The van der Waals surface area contributed by atoms with Gasteiger partial charge in [-0.2, -0.15) is 12.6 Å². The first-order valence-corrected chi connectivity index (χ1v) is 8.47. The van der Waals surface area contributed by atoms with Crippen molar-refractivity contribution in [2.45, 2.75) is 10.1 Å². The highest BCUT2D eigenvalue weighted by Gasteiger charge is 2.18. The maximum absolute atomic E-state index is 11.3. The molecule has 0 aliphatic carbocycles. The second-order valence-corrected chi connectivity index (χ2v) is 6.62. The minimum absolute atomic E-state index is 0.0572. The fourth-order valence-corrected chi connectivity index (χ4v) is 2.85. The van der Waals surface area contributed by atoms with Crippen LogP contribution < -0.4 is 5.14 Å². The number of thiol groups is 1. The summed E-state index contributed by atoms with van der Waals surface area (Å²) in [5.74, 6) is 0. The fourth-order valence-electron chi connectivity index (χ4n) is 1.97. The lowest BCUT2D eigenvalue weighted by atomic mass is 10.0. The zero-order chi connectivity index (χ0) is 16.2. The molecule has 0 heterocycles. The van der Waals surface area contributed by atoms with Crippen molar-refractivity contribution in [3.05, 3.63) is 65.7 Å². The lowest BCUT2D eigenvalue weighted by Crippen LogP contribution is -2.13. The van der Waals surface area contributed by atoms with Gasteiger partial charge in [-0.1, -0.05) is 47.6 Å². The summed E-state index contributed by atoms with van der Waals surface area (Å²) in [4.78, 5) is 4.96. The van der Waals surface area contributed by atoms with E-state index in [-0.39, 0.29) is 10.1 Å². The summed E-state index contributed by atoms with van der Waals surface area (Å²) in [5, 5.41) is 8.77. The molecule has 0 bridgehead atoms. The summed E-state index contributed by atoms with van der Waals surface area (Å²) < 4.78 is 22.6. The predicted octanol–water partition coefficient (Wildman–Crippen LogP) is 2.36. The van der Waals surface area contributed by atoms with Gasteiger partial charge in [0.05, 0.1) is 10.1 Å². The van der Waals surface area contributed by atoms with Crippen molar-refractivity contribution in [1.82, 2.24) is 0 Å². The Bertz CT molecular complexity index is 757. The number of oxime groups is 1. The summed E-state index contributed by atoms with van der Waals surface area (Å²) in [7, 11) is -2.24. The molecular weight excluding hydrogens is 320 g/mol. The van der Waals surface area contributed by atoms with Crippen LogP contribution in [-0.2, 0) is 14.9 Å².